The van der Waals surface area contributed by atoms with Crippen LogP contribution in [-0.2, 0) is 0 Å². The molecule has 0 aromatic carbocycles. The van der Waals surface area contributed by atoms with E-state index in [0.29, 0.717) is 6.04 Å². The van der Waals surface area contributed by atoms with Gasteiger partial charge in [0.1, 0.15) is 0 Å². The zero-order valence-electron chi connectivity index (χ0n) is 14.4. The van der Waals surface area contributed by atoms with Crippen LogP contribution < -0.4 is 4.90 Å². The predicted molar refractivity (Wildman–Crippen MR) is 101 cm³/mol. The fraction of sp³-hybridized carbons (Fsp3) is 0.667. The molecule has 1 heterocycles. The molecule has 5 heteroatoms. The third-order valence-corrected chi connectivity index (χ3v) is 5.29. The van der Waals surface area contributed by atoms with Gasteiger partial charge < -0.3 is 9.80 Å². The molecule has 0 spiro atoms. The first-order chi connectivity index (χ1) is 11.1. The number of rotatable bonds is 8. The molecule has 0 amide bonds. The maximum absolute atomic E-state index is 4.41. The van der Waals surface area contributed by atoms with Gasteiger partial charge in [-0.1, -0.05) is 6.08 Å². The molecule has 128 valence electrons. The van der Waals surface area contributed by atoms with Gasteiger partial charge >= 0.3 is 0 Å². The molecular formula is C18H29BrN4. The number of anilines is 1. The summed E-state index contributed by atoms with van der Waals surface area (Å²) in [5.74, 6) is 1.73. The van der Waals surface area contributed by atoms with Crippen LogP contribution in [0.3, 0.4) is 0 Å². The molecule has 1 aliphatic carbocycles. The second-order valence-corrected chi connectivity index (χ2v) is 7.60. The van der Waals surface area contributed by atoms with E-state index in [1.165, 1.54) is 45.1 Å². The average molecular weight is 381 g/mol. The summed E-state index contributed by atoms with van der Waals surface area (Å²) in [4.78, 5) is 13.4. The van der Waals surface area contributed by atoms with Crippen LogP contribution in [0.4, 0.5) is 5.95 Å². The molecule has 0 unspecified atom stereocenters. The third-order valence-electron chi connectivity index (χ3n) is 4.88. The van der Waals surface area contributed by atoms with E-state index in [1.54, 1.807) is 0 Å². The SMILES string of the molecule is C=CCN(C)CCC[C@H]1CC[C@H](N(C)c2ncc(Br)cn2)CC1. The van der Waals surface area contributed by atoms with Crippen molar-refractivity contribution >= 4 is 21.9 Å². The fourth-order valence-corrected chi connectivity index (χ4v) is 3.64. The topological polar surface area (TPSA) is 32.3 Å². The molecule has 0 atom stereocenters. The Hall–Kier alpha value is -0.940. The fourth-order valence-electron chi connectivity index (χ4n) is 3.43. The van der Waals surface area contributed by atoms with Crippen molar-refractivity contribution < 1.29 is 0 Å². The van der Waals surface area contributed by atoms with Gasteiger partial charge in [-0.2, -0.15) is 0 Å². The van der Waals surface area contributed by atoms with Crippen molar-refractivity contribution in [1.82, 2.24) is 14.9 Å². The number of aromatic nitrogens is 2. The van der Waals surface area contributed by atoms with E-state index >= 15 is 0 Å². The normalized spacial score (nSPS) is 21.4. The third kappa shape index (κ3) is 5.88. The maximum Gasteiger partial charge on any atom is 0.225 e. The second-order valence-electron chi connectivity index (χ2n) is 6.68. The van der Waals surface area contributed by atoms with Crippen molar-refractivity contribution in [1.29, 1.82) is 0 Å². The predicted octanol–water partition coefficient (Wildman–Crippen LogP) is 4.13. The highest BCUT2D eigenvalue weighted by Gasteiger charge is 2.25. The molecule has 1 fully saturated rings. The van der Waals surface area contributed by atoms with Crippen LogP contribution >= 0.6 is 15.9 Å². The Balaban J connectivity index is 1.71. The molecule has 2 rings (SSSR count). The average Bonchev–Trinajstić information content (AvgIpc) is 2.56. The molecular weight excluding hydrogens is 352 g/mol. The summed E-state index contributed by atoms with van der Waals surface area (Å²) in [6, 6.07) is 0.580. The summed E-state index contributed by atoms with van der Waals surface area (Å²) in [6.07, 6.45) is 13.4. The van der Waals surface area contributed by atoms with E-state index in [2.05, 4.69) is 56.4 Å². The standard InChI is InChI=1S/C18H29BrN4/c1-4-11-22(2)12-5-6-15-7-9-17(10-8-15)23(3)18-20-13-16(19)14-21-18/h4,13-15,17H,1,5-12H2,2-3H3/t15-,17-. The smallest absolute Gasteiger partial charge is 0.225 e. The highest BCUT2D eigenvalue weighted by Crippen LogP contribution is 2.31. The number of hydrogen-bond donors (Lipinski definition) is 0. The summed E-state index contributed by atoms with van der Waals surface area (Å²) in [5, 5.41) is 0. The summed E-state index contributed by atoms with van der Waals surface area (Å²) >= 11 is 3.39. The van der Waals surface area contributed by atoms with Crippen molar-refractivity contribution in [2.75, 3.05) is 32.1 Å². The first kappa shape index (κ1) is 18.4. The van der Waals surface area contributed by atoms with Gasteiger partial charge in [0.25, 0.3) is 0 Å². The van der Waals surface area contributed by atoms with Gasteiger partial charge in [0.05, 0.1) is 4.47 Å². The number of halogens is 1. The lowest BCUT2D eigenvalue weighted by Gasteiger charge is -2.34. The maximum atomic E-state index is 4.41. The Labute approximate surface area is 149 Å². The molecule has 1 aromatic rings. The van der Waals surface area contributed by atoms with Gasteiger partial charge in [-0.05, 0) is 74.0 Å². The van der Waals surface area contributed by atoms with E-state index in [9.17, 15) is 0 Å². The van der Waals surface area contributed by atoms with Crippen molar-refractivity contribution in [3.8, 4) is 0 Å². The molecule has 0 aliphatic heterocycles. The van der Waals surface area contributed by atoms with Crippen LogP contribution in [0.1, 0.15) is 38.5 Å². The van der Waals surface area contributed by atoms with E-state index in [1.807, 2.05) is 18.5 Å². The monoisotopic (exact) mass is 380 g/mol. The van der Waals surface area contributed by atoms with Crippen LogP contribution in [0.15, 0.2) is 29.5 Å². The van der Waals surface area contributed by atoms with Crippen LogP contribution in [0, 0.1) is 5.92 Å². The van der Waals surface area contributed by atoms with Gasteiger partial charge in [-0.3, -0.25) is 0 Å². The highest BCUT2D eigenvalue weighted by molar-refractivity contribution is 9.10. The van der Waals surface area contributed by atoms with Crippen molar-refractivity contribution in [3.05, 3.63) is 29.5 Å². The zero-order valence-corrected chi connectivity index (χ0v) is 16.0. The molecule has 1 aliphatic rings. The van der Waals surface area contributed by atoms with E-state index in [0.717, 1.165) is 22.9 Å². The summed E-state index contributed by atoms with van der Waals surface area (Å²) in [7, 11) is 4.30. The molecule has 0 bridgehead atoms. The quantitative estimate of drug-likeness (QED) is 0.634. The lowest BCUT2D eigenvalue weighted by molar-refractivity contribution is 0.278. The summed E-state index contributed by atoms with van der Waals surface area (Å²) in [6.45, 7) is 5.96. The minimum Gasteiger partial charge on any atom is -0.341 e. The highest BCUT2D eigenvalue weighted by atomic mass is 79.9. The summed E-state index contributed by atoms with van der Waals surface area (Å²) < 4.78 is 0.930. The van der Waals surface area contributed by atoms with E-state index in [-0.39, 0.29) is 0 Å². The zero-order chi connectivity index (χ0) is 16.7. The molecule has 0 radical (unpaired) electrons. The minimum absolute atomic E-state index is 0.580. The van der Waals surface area contributed by atoms with Crippen molar-refractivity contribution in [2.45, 2.75) is 44.6 Å². The number of nitrogens with zero attached hydrogens (tertiary/aromatic N) is 4. The Morgan fingerprint density at radius 2 is 1.87 bits per heavy atom. The van der Waals surface area contributed by atoms with Gasteiger partial charge in [0, 0.05) is 32.0 Å². The molecule has 4 nitrogen and oxygen atoms in total. The van der Waals surface area contributed by atoms with Crippen molar-refractivity contribution in [3.63, 3.8) is 0 Å². The molecule has 23 heavy (non-hydrogen) atoms. The number of hydrogen-bond acceptors (Lipinski definition) is 4. The minimum atomic E-state index is 0.580. The second kappa shape index (κ2) is 9.38. The van der Waals surface area contributed by atoms with E-state index < -0.39 is 0 Å². The lowest BCUT2D eigenvalue weighted by Crippen LogP contribution is -2.36. The Morgan fingerprint density at radius 3 is 2.48 bits per heavy atom. The van der Waals surface area contributed by atoms with Crippen LogP contribution in [0.2, 0.25) is 0 Å². The molecule has 1 saturated carbocycles. The Bertz CT molecular complexity index is 468. The molecule has 0 saturated heterocycles. The summed E-state index contributed by atoms with van der Waals surface area (Å²) in [5.41, 5.74) is 0. The number of likely N-dealkylation sites (N-methyl/N-ethyl adjacent to an activating group) is 1. The van der Waals surface area contributed by atoms with E-state index in [4.69, 9.17) is 0 Å². The lowest BCUT2D eigenvalue weighted by atomic mass is 9.83. The molecule has 0 N–H and O–H groups in total. The molecule has 1 aromatic heterocycles. The van der Waals surface area contributed by atoms with Crippen LogP contribution in [0.5, 0.6) is 0 Å². The van der Waals surface area contributed by atoms with Gasteiger partial charge in [-0.25, -0.2) is 9.97 Å². The van der Waals surface area contributed by atoms with Crippen LogP contribution in [-0.4, -0.2) is 48.1 Å². The Kier molecular flexibility index (Phi) is 7.50. The largest absolute Gasteiger partial charge is 0.341 e. The van der Waals surface area contributed by atoms with Gasteiger partial charge in [-0.15, -0.1) is 6.58 Å². The van der Waals surface area contributed by atoms with Gasteiger partial charge in [0.15, 0.2) is 0 Å². The van der Waals surface area contributed by atoms with Crippen LogP contribution in [0.25, 0.3) is 0 Å². The Morgan fingerprint density at radius 1 is 1.22 bits per heavy atom. The first-order valence-corrected chi connectivity index (χ1v) is 9.39. The van der Waals surface area contributed by atoms with Crippen molar-refractivity contribution in [2.24, 2.45) is 5.92 Å². The first-order valence-electron chi connectivity index (χ1n) is 8.60. The van der Waals surface area contributed by atoms with Gasteiger partial charge in [0.2, 0.25) is 5.95 Å².